The molecule has 0 radical (unpaired) electrons. The van der Waals surface area contributed by atoms with Crippen molar-refractivity contribution < 1.29 is 5.11 Å². The predicted octanol–water partition coefficient (Wildman–Crippen LogP) is 0.827. The summed E-state index contributed by atoms with van der Waals surface area (Å²) in [5, 5.41) is 13.0. The summed E-state index contributed by atoms with van der Waals surface area (Å²) in [7, 11) is 0. The van der Waals surface area contributed by atoms with E-state index in [0.29, 0.717) is 0 Å². The molecule has 0 unspecified atom stereocenters. The third-order valence-electron chi connectivity index (χ3n) is 1.69. The van der Waals surface area contributed by atoms with E-state index >= 15 is 0 Å². The molecule has 2 rings (SSSR count). The first-order valence-electron chi connectivity index (χ1n) is 3.44. The highest BCUT2D eigenvalue weighted by molar-refractivity contribution is 5.53. The maximum Gasteiger partial charge on any atom is 0.0703 e. The minimum Gasteiger partial charge on any atom is -0.392 e. The quantitative estimate of drug-likeness (QED) is 0.650. The van der Waals surface area contributed by atoms with Crippen LogP contribution in [0.2, 0.25) is 0 Å². The molecule has 0 atom stereocenters. The van der Waals surface area contributed by atoms with E-state index in [2.05, 4.69) is 5.10 Å². The van der Waals surface area contributed by atoms with E-state index in [1.54, 1.807) is 10.7 Å². The molecule has 2 heterocycles. The van der Waals surface area contributed by atoms with Crippen LogP contribution in [0.25, 0.3) is 5.52 Å². The van der Waals surface area contributed by atoms with Crippen molar-refractivity contribution in [3.63, 3.8) is 0 Å². The van der Waals surface area contributed by atoms with Crippen molar-refractivity contribution in [2.75, 3.05) is 0 Å². The Morgan fingerprint density at radius 2 is 2.36 bits per heavy atom. The summed E-state index contributed by atoms with van der Waals surface area (Å²) in [5.41, 5.74) is 1.88. The van der Waals surface area contributed by atoms with Crippen molar-refractivity contribution in [1.29, 1.82) is 0 Å². The van der Waals surface area contributed by atoms with Gasteiger partial charge in [-0.2, -0.15) is 5.10 Å². The van der Waals surface area contributed by atoms with Gasteiger partial charge in [-0.1, -0.05) is 0 Å². The zero-order valence-electron chi connectivity index (χ0n) is 5.94. The van der Waals surface area contributed by atoms with Crippen LogP contribution in [0, 0.1) is 0 Å². The van der Waals surface area contributed by atoms with Crippen LogP contribution in [-0.2, 0) is 6.61 Å². The summed E-state index contributed by atoms with van der Waals surface area (Å²) < 4.78 is 1.74. The van der Waals surface area contributed by atoms with Crippen molar-refractivity contribution in [3.05, 3.63) is 36.2 Å². The average Bonchev–Trinajstić information content (AvgIpc) is 2.50. The molecule has 2 aromatic heterocycles. The Hall–Kier alpha value is -1.35. The highest BCUT2D eigenvalue weighted by atomic mass is 16.3. The molecule has 3 heteroatoms. The number of fused-ring (bicyclic) bond motifs is 1. The second-order valence-corrected chi connectivity index (χ2v) is 2.35. The van der Waals surface area contributed by atoms with Crippen molar-refractivity contribution in [2.24, 2.45) is 0 Å². The number of hydrogen-bond acceptors (Lipinski definition) is 2. The lowest BCUT2D eigenvalue weighted by Crippen LogP contribution is -1.93. The third kappa shape index (κ3) is 0.897. The smallest absolute Gasteiger partial charge is 0.0703 e. The van der Waals surface area contributed by atoms with E-state index in [4.69, 9.17) is 5.11 Å². The molecular weight excluding hydrogens is 140 g/mol. The van der Waals surface area contributed by atoms with Gasteiger partial charge in [0.2, 0.25) is 0 Å². The standard InChI is InChI=1S/C8H8N2O/c11-6-7-3-4-9-10-5-1-2-8(7)10/h1-5,11H,6H2. The summed E-state index contributed by atoms with van der Waals surface area (Å²) >= 11 is 0. The Morgan fingerprint density at radius 3 is 3.18 bits per heavy atom. The number of rotatable bonds is 1. The van der Waals surface area contributed by atoms with Crippen LogP contribution in [-0.4, -0.2) is 14.7 Å². The molecular formula is C8H8N2O. The molecule has 0 fully saturated rings. The summed E-state index contributed by atoms with van der Waals surface area (Å²) in [4.78, 5) is 0. The number of aliphatic hydroxyl groups is 1. The average molecular weight is 148 g/mol. The fraction of sp³-hybridized carbons (Fsp3) is 0.125. The summed E-state index contributed by atoms with van der Waals surface area (Å²) in [6, 6.07) is 5.65. The molecule has 56 valence electrons. The summed E-state index contributed by atoms with van der Waals surface area (Å²) in [6.07, 6.45) is 3.53. The van der Waals surface area contributed by atoms with Crippen LogP contribution in [0.4, 0.5) is 0 Å². The van der Waals surface area contributed by atoms with Gasteiger partial charge in [0, 0.05) is 18.0 Å². The van der Waals surface area contributed by atoms with Gasteiger partial charge in [0.1, 0.15) is 0 Å². The molecule has 0 saturated carbocycles. The van der Waals surface area contributed by atoms with Gasteiger partial charge in [-0.25, -0.2) is 4.52 Å². The predicted molar refractivity (Wildman–Crippen MR) is 41.1 cm³/mol. The first-order chi connectivity index (χ1) is 5.42. The van der Waals surface area contributed by atoms with E-state index in [-0.39, 0.29) is 6.61 Å². The highest BCUT2D eigenvalue weighted by Crippen LogP contribution is 2.08. The number of nitrogens with zero attached hydrogens (tertiary/aromatic N) is 2. The molecule has 0 aliphatic carbocycles. The molecule has 0 saturated heterocycles. The van der Waals surface area contributed by atoms with Gasteiger partial charge in [0.25, 0.3) is 0 Å². The van der Waals surface area contributed by atoms with Crippen molar-refractivity contribution in [3.8, 4) is 0 Å². The van der Waals surface area contributed by atoms with Crippen LogP contribution in [0.1, 0.15) is 5.56 Å². The van der Waals surface area contributed by atoms with Gasteiger partial charge < -0.3 is 5.11 Å². The highest BCUT2D eigenvalue weighted by Gasteiger charge is 1.97. The van der Waals surface area contributed by atoms with Gasteiger partial charge >= 0.3 is 0 Å². The molecule has 0 aliphatic rings. The zero-order chi connectivity index (χ0) is 7.68. The lowest BCUT2D eigenvalue weighted by atomic mass is 10.3. The van der Waals surface area contributed by atoms with E-state index < -0.39 is 0 Å². The first kappa shape index (κ1) is 6.37. The molecule has 1 N–H and O–H groups in total. The molecule has 0 bridgehead atoms. The Morgan fingerprint density at radius 1 is 1.45 bits per heavy atom. The van der Waals surface area contributed by atoms with Crippen molar-refractivity contribution >= 4 is 5.52 Å². The second-order valence-electron chi connectivity index (χ2n) is 2.35. The topological polar surface area (TPSA) is 37.5 Å². The maximum absolute atomic E-state index is 8.91. The maximum atomic E-state index is 8.91. The van der Waals surface area contributed by atoms with Gasteiger partial charge in [0.15, 0.2) is 0 Å². The zero-order valence-corrected chi connectivity index (χ0v) is 5.94. The Labute approximate surface area is 63.9 Å². The normalized spacial score (nSPS) is 10.6. The Kier molecular flexibility index (Phi) is 1.36. The molecule has 2 aromatic rings. The number of aliphatic hydroxyl groups excluding tert-OH is 1. The first-order valence-corrected chi connectivity index (χ1v) is 3.44. The van der Waals surface area contributed by atoms with Gasteiger partial charge in [-0.15, -0.1) is 0 Å². The van der Waals surface area contributed by atoms with E-state index in [1.807, 2.05) is 24.4 Å². The second kappa shape index (κ2) is 2.36. The minimum absolute atomic E-state index is 0.0655. The SMILES string of the molecule is OCc1ccnn2cccc12. The largest absolute Gasteiger partial charge is 0.392 e. The van der Waals surface area contributed by atoms with Crippen LogP contribution in [0.5, 0.6) is 0 Å². The Bertz CT molecular complexity index is 367. The molecule has 0 amide bonds. The minimum atomic E-state index is 0.0655. The van der Waals surface area contributed by atoms with Crippen LogP contribution in [0.3, 0.4) is 0 Å². The molecule has 11 heavy (non-hydrogen) atoms. The van der Waals surface area contributed by atoms with Crippen LogP contribution >= 0.6 is 0 Å². The van der Waals surface area contributed by atoms with E-state index in [1.165, 1.54) is 0 Å². The summed E-state index contributed by atoms with van der Waals surface area (Å²) in [5.74, 6) is 0. The van der Waals surface area contributed by atoms with Gasteiger partial charge in [-0.3, -0.25) is 0 Å². The molecule has 0 aliphatic heterocycles. The fourth-order valence-electron chi connectivity index (χ4n) is 1.14. The van der Waals surface area contributed by atoms with Crippen LogP contribution < -0.4 is 0 Å². The van der Waals surface area contributed by atoms with Crippen molar-refractivity contribution in [2.45, 2.75) is 6.61 Å². The van der Waals surface area contributed by atoms with E-state index in [0.717, 1.165) is 11.1 Å². The monoisotopic (exact) mass is 148 g/mol. The van der Waals surface area contributed by atoms with Crippen LogP contribution in [0.15, 0.2) is 30.6 Å². The fourth-order valence-corrected chi connectivity index (χ4v) is 1.14. The molecule has 0 spiro atoms. The molecule has 3 nitrogen and oxygen atoms in total. The van der Waals surface area contributed by atoms with Crippen molar-refractivity contribution in [1.82, 2.24) is 9.61 Å². The van der Waals surface area contributed by atoms with Gasteiger partial charge in [-0.05, 0) is 18.2 Å². The number of aromatic nitrogens is 2. The lowest BCUT2D eigenvalue weighted by molar-refractivity contribution is 0.282. The molecule has 0 aromatic carbocycles. The van der Waals surface area contributed by atoms with E-state index in [9.17, 15) is 0 Å². The lowest BCUT2D eigenvalue weighted by Gasteiger charge is -1.97. The summed E-state index contributed by atoms with van der Waals surface area (Å²) in [6.45, 7) is 0.0655. The van der Waals surface area contributed by atoms with Gasteiger partial charge in [0.05, 0.1) is 12.1 Å². The number of hydrogen-bond donors (Lipinski definition) is 1. The Balaban J connectivity index is 2.79. The third-order valence-corrected chi connectivity index (χ3v) is 1.69.